The third kappa shape index (κ3) is 4.05. The van der Waals surface area contributed by atoms with Crippen LogP contribution in [0.4, 0.5) is 11.5 Å². The van der Waals surface area contributed by atoms with Gasteiger partial charge in [-0.15, -0.1) is 0 Å². The number of aromatic nitrogens is 1. The monoisotopic (exact) mass is 283 g/mol. The molecule has 0 amide bonds. The SMILES string of the molecule is CCc1ccc(N(C)c2ncccc2CNC(C)C)cc1. The van der Waals surface area contributed by atoms with E-state index in [9.17, 15) is 0 Å². The molecule has 3 nitrogen and oxygen atoms in total. The fourth-order valence-electron chi connectivity index (χ4n) is 2.26. The van der Waals surface area contributed by atoms with E-state index in [4.69, 9.17) is 0 Å². The van der Waals surface area contributed by atoms with E-state index in [1.54, 1.807) is 0 Å². The van der Waals surface area contributed by atoms with Crippen molar-refractivity contribution in [3.05, 3.63) is 53.7 Å². The van der Waals surface area contributed by atoms with Crippen LogP contribution in [0.1, 0.15) is 31.9 Å². The van der Waals surface area contributed by atoms with Crippen molar-refractivity contribution >= 4 is 11.5 Å². The third-order valence-corrected chi connectivity index (χ3v) is 3.62. The maximum Gasteiger partial charge on any atom is 0.137 e. The zero-order valence-electron chi connectivity index (χ0n) is 13.4. The van der Waals surface area contributed by atoms with Crippen LogP contribution in [0.25, 0.3) is 0 Å². The molecule has 2 aromatic rings. The fraction of sp³-hybridized carbons (Fsp3) is 0.389. The van der Waals surface area contributed by atoms with Crippen molar-refractivity contribution in [2.45, 2.75) is 39.8 Å². The normalized spacial score (nSPS) is 10.9. The van der Waals surface area contributed by atoms with Gasteiger partial charge >= 0.3 is 0 Å². The number of nitrogens with zero attached hydrogens (tertiary/aromatic N) is 2. The average molecular weight is 283 g/mol. The number of anilines is 2. The van der Waals surface area contributed by atoms with Gasteiger partial charge in [-0.25, -0.2) is 4.98 Å². The first-order valence-corrected chi connectivity index (χ1v) is 7.61. The van der Waals surface area contributed by atoms with E-state index in [2.05, 4.69) is 73.4 Å². The van der Waals surface area contributed by atoms with Gasteiger partial charge in [0.1, 0.15) is 5.82 Å². The number of aryl methyl sites for hydroxylation is 1. The predicted octanol–water partition coefficient (Wildman–Crippen LogP) is 3.91. The van der Waals surface area contributed by atoms with Gasteiger partial charge in [-0.3, -0.25) is 0 Å². The molecule has 0 aliphatic rings. The van der Waals surface area contributed by atoms with Gasteiger partial charge < -0.3 is 10.2 Å². The molecule has 0 bridgehead atoms. The molecule has 0 spiro atoms. The van der Waals surface area contributed by atoms with Crippen LogP contribution >= 0.6 is 0 Å². The summed E-state index contributed by atoms with van der Waals surface area (Å²) in [7, 11) is 2.07. The van der Waals surface area contributed by atoms with Crippen LogP contribution < -0.4 is 10.2 Å². The first kappa shape index (κ1) is 15.5. The second-order valence-electron chi connectivity index (χ2n) is 5.60. The van der Waals surface area contributed by atoms with E-state index < -0.39 is 0 Å². The van der Waals surface area contributed by atoms with Gasteiger partial charge in [0.2, 0.25) is 0 Å². The lowest BCUT2D eigenvalue weighted by Crippen LogP contribution is -2.24. The van der Waals surface area contributed by atoms with Gasteiger partial charge in [0.15, 0.2) is 0 Å². The van der Waals surface area contributed by atoms with Crippen molar-refractivity contribution < 1.29 is 0 Å². The predicted molar refractivity (Wildman–Crippen MR) is 90.1 cm³/mol. The highest BCUT2D eigenvalue weighted by molar-refractivity contribution is 5.62. The summed E-state index contributed by atoms with van der Waals surface area (Å²) in [6, 6.07) is 13.3. The molecule has 1 aromatic heterocycles. The quantitative estimate of drug-likeness (QED) is 0.871. The Balaban J connectivity index is 2.23. The van der Waals surface area contributed by atoms with E-state index in [1.165, 1.54) is 11.1 Å². The lowest BCUT2D eigenvalue weighted by molar-refractivity contribution is 0.588. The second kappa shape index (κ2) is 7.23. The van der Waals surface area contributed by atoms with Crippen molar-refractivity contribution in [2.24, 2.45) is 0 Å². The van der Waals surface area contributed by atoms with Crippen LogP contribution in [0.2, 0.25) is 0 Å². The van der Waals surface area contributed by atoms with Crippen molar-refractivity contribution in [1.29, 1.82) is 0 Å². The van der Waals surface area contributed by atoms with Gasteiger partial charge in [0, 0.05) is 37.1 Å². The van der Waals surface area contributed by atoms with Crippen LogP contribution in [0, 0.1) is 0 Å². The molecule has 0 aliphatic heterocycles. The molecule has 0 unspecified atom stereocenters. The van der Waals surface area contributed by atoms with Crippen LogP contribution in [0.5, 0.6) is 0 Å². The molecule has 21 heavy (non-hydrogen) atoms. The minimum atomic E-state index is 0.465. The van der Waals surface area contributed by atoms with Gasteiger partial charge in [-0.2, -0.15) is 0 Å². The Morgan fingerprint density at radius 3 is 2.48 bits per heavy atom. The lowest BCUT2D eigenvalue weighted by atomic mass is 10.1. The summed E-state index contributed by atoms with van der Waals surface area (Å²) in [5.41, 5.74) is 3.74. The van der Waals surface area contributed by atoms with E-state index in [0.29, 0.717) is 6.04 Å². The minimum absolute atomic E-state index is 0.465. The number of nitrogens with one attached hydrogen (secondary N) is 1. The summed E-state index contributed by atoms with van der Waals surface area (Å²) in [5.74, 6) is 1.01. The average Bonchev–Trinajstić information content (AvgIpc) is 2.52. The minimum Gasteiger partial charge on any atom is -0.329 e. The molecule has 0 fully saturated rings. The number of rotatable bonds is 6. The molecule has 1 aromatic carbocycles. The Hall–Kier alpha value is -1.87. The Bertz CT molecular complexity index is 561. The molecule has 1 N–H and O–H groups in total. The fourth-order valence-corrected chi connectivity index (χ4v) is 2.26. The van der Waals surface area contributed by atoms with Crippen LogP contribution in [0.3, 0.4) is 0 Å². The maximum absolute atomic E-state index is 4.56. The zero-order chi connectivity index (χ0) is 15.2. The Kier molecular flexibility index (Phi) is 5.34. The van der Waals surface area contributed by atoms with E-state index in [0.717, 1.165) is 24.5 Å². The molecule has 112 valence electrons. The Labute approximate surface area is 128 Å². The lowest BCUT2D eigenvalue weighted by Gasteiger charge is -2.22. The number of pyridine rings is 1. The molecule has 0 saturated carbocycles. The summed E-state index contributed by atoms with van der Waals surface area (Å²) < 4.78 is 0. The summed E-state index contributed by atoms with van der Waals surface area (Å²) in [6.07, 6.45) is 2.92. The molecule has 1 heterocycles. The molecule has 0 radical (unpaired) electrons. The van der Waals surface area contributed by atoms with Crippen molar-refractivity contribution in [3.63, 3.8) is 0 Å². The number of benzene rings is 1. The summed E-state index contributed by atoms with van der Waals surface area (Å²) in [5, 5.41) is 3.46. The van der Waals surface area contributed by atoms with E-state index >= 15 is 0 Å². The molecule has 3 heteroatoms. The molecule has 2 rings (SSSR count). The zero-order valence-corrected chi connectivity index (χ0v) is 13.4. The molecule has 0 saturated heterocycles. The van der Waals surface area contributed by atoms with Crippen LogP contribution in [-0.4, -0.2) is 18.1 Å². The van der Waals surface area contributed by atoms with Crippen LogP contribution in [-0.2, 0) is 13.0 Å². The summed E-state index contributed by atoms with van der Waals surface area (Å²) in [6.45, 7) is 7.32. The standard InChI is InChI=1S/C18H25N3/c1-5-15-8-10-17(11-9-15)21(4)18-16(7-6-12-19-18)13-20-14(2)3/h6-12,14,20H,5,13H2,1-4H3. The van der Waals surface area contributed by atoms with Crippen molar-refractivity contribution in [1.82, 2.24) is 10.3 Å². The second-order valence-corrected chi connectivity index (χ2v) is 5.60. The summed E-state index contributed by atoms with van der Waals surface area (Å²) >= 11 is 0. The van der Waals surface area contributed by atoms with Gasteiger partial charge in [-0.1, -0.05) is 39.0 Å². The highest BCUT2D eigenvalue weighted by Gasteiger charge is 2.10. The Morgan fingerprint density at radius 1 is 1.14 bits per heavy atom. The van der Waals surface area contributed by atoms with Crippen molar-refractivity contribution in [3.8, 4) is 0 Å². The highest BCUT2D eigenvalue weighted by atomic mass is 15.2. The number of hydrogen-bond acceptors (Lipinski definition) is 3. The molecular formula is C18H25N3. The van der Waals surface area contributed by atoms with Gasteiger partial charge in [0.05, 0.1) is 0 Å². The smallest absolute Gasteiger partial charge is 0.137 e. The number of hydrogen-bond donors (Lipinski definition) is 1. The van der Waals surface area contributed by atoms with Crippen molar-refractivity contribution in [2.75, 3.05) is 11.9 Å². The highest BCUT2D eigenvalue weighted by Crippen LogP contribution is 2.25. The van der Waals surface area contributed by atoms with E-state index in [1.807, 2.05) is 12.3 Å². The molecular weight excluding hydrogens is 258 g/mol. The molecule has 0 aliphatic carbocycles. The molecule has 0 atom stereocenters. The topological polar surface area (TPSA) is 28.2 Å². The largest absolute Gasteiger partial charge is 0.329 e. The van der Waals surface area contributed by atoms with Gasteiger partial charge in [0.25, 0.3) is 0 Å². The maximum atomic E-state index is 4.56. The summed E-state index contributed by atoms with van der Waals surface area (Å²) in [4.78, 5) is 6.71. The van der Waals surface area contributed by atoms with Crippen LogP contribution in [0.15, 0.2) is 42.6 Å². The third-order valence-electron chi connectivity index (χ3n) is 3.62. The first-order chi connectivity index (χ1) is 10.1. The van der Waals surface area contributed by atoms with Gasteiger partial charge in [-0.05, 0) is 30.2 Å². The van der Waals surface area contributed by atoms with E-state index in [-0.39, 0.29) is 0 Å². The Morgan fingerprint density at radius 2 is 1.86 bits per heavy atom. The first-order valence-electron chi connectivity index (χ1n) is 7.61.